The SMILES string of the molecule is Cc1csc(Nc2ncc(SCc3ccccn3)cc2OCc2ccccn2)n1. The van der Waals surface area contributed by atoms with Gasteiger partial charge in [-0.15, -0.1) is 23.1 Å². The Morgan fingerprint density at radius 1 is 1.03 bits per heavy atom. The van der Waals surface area contributed by atoms with Crippen LogP contribution in [0.15, 0.2) is 71.3 Å². The lowest BCUT2D eigenvalue weighted by molar-refractivity contribution is 0.301. The van der Waals surface area contributed by atoms with Gasteiger partial charge in [-0.3, -0.25) is 9.97 Å². The number of hydrogen-bond acceptors (Lipinski definition) is 8. The summed E-state index contributed by atoms with van der Waals surface area (Å²) in [5, 5.41) is 6.04. The van der Waals surface area contributed by atoms with Crippen LogP contribution in [0.2, 0.25) is 0 Å². The molecule has 0 aliphatic heterocycles. The number of anilines is 2. The summed E-state index contributed by atoms with van der Waals surface area (Å²) < 4.78 is 6.06. The molecule has 0 unspecified atom stereocenters. The van der Waals surface area contributed by atoms with Crippen LogP contribution in [-0.4, -0.2) is 19.9 Å². The van der Waals surface area contributed by atoms with Crippen LogP contribution in [0.3, 0.4) is 0 Å². The highest BCUT2D eigenvalue weighted by atomic mass is 32.2. The lowest BCUT2D eigenvalue weighted by atomic mass is 10.3. The second kappa shape index (κ2) is 9.49. The number of rotatable bonds is 8. The van der Waals surface area contributed by atoms with E-state index in [1.54, 1.807) is 24.2 Å². The smallest absolute Gasteiger partial charge is 0.188 e. The summed E-state index contributed by atoms with van der Waals surface area (Å²) in [5.41, 5.74) is 2.85. The van der Waals surface area contributed by atoms with Crippen LogP contribution >= 0.6 is 23.1 Å². The molecule has 0 fully saturated rings. The quantitative estimate of drug-likeness (QED) is 0.389. The van der Waals surface area contributed by atoms with Gasteiger partial charge in [0.15, 0.2) is 16.7 Å². The van der Waals surface area contributed by atoms with E-state index < -0.39 is 0 Å². The summed E-state index contributed by atoms with van der Waals surface area (Å²) in [6.45, 7) is 2.33. The van der Waals surface area contributed by atoms with Crippen LogP contribution in [0.4, 0.5) is 10.9 Å². The maximum atomic E-state index is 6.06. The van der Waals surface area contributed by atoms with Crippen molar-refractivity contribution in [2.24, 2.45) is 0 Å². The molecule has 29 heavy (non-hydrogen) atoms. The highest BCUT2D eigenvalue weighted by Crippen LogP contribution is 2.32. The first-order valence-electron chi connectivity index (χ1n) is 9.01. The monoisotopic (exact) mass is 421 g/mol. The molecule has 4 aromatic heterocycles. The molecule has 0 spiro atoms. The van der Waals surface area contributed by atoms with Crippen molar-refractivity contribution < 1.29 is 4.74 Å². The van der Waals surface area contributed by atoms with Gasteiger partial charge >= 0.3 is 0 Å². The number of pyridine rings is 3. The number of aryl methyl sites for hydroxylation is 1. The Hall–Kier alpha value is -2.97. The molecule has 0 saturated carbocycles. The predicted molar refractivity (Wildman–Crippen MR) is 117 cm³/mol. The molecule has 0 aliphatic rings. The van der Waals surface area contributed by atoms with E-state index in [1.807, 2.05) is 61.0 Å². The number of hydrogen-bond donors (Lipinski definition) is 1. The number of aromatic nitrogens is 4. The first-order chi connectivity index (χ1) is 14.3. The topological polar surface area (TPSA) is 72.8 Å². The van der Waals surface area contributed by atoms with Gasteiger partial charge in [-0.25, -0.2) is 9.97 Å². The fourth-order valence-corrected chi connectivity index (χ4v) is 3.99. The normalized spacial score (nSPS) is 10.7. The van der Waals surface area contributed by atoms with Crippen molar-refractivity contribution >= 4 is 34.0 Å². The van der Waals surface area contributed by atoms with Crippen molar-refractivity contribution in [1.29, 1.82) is 0 Å². The third kappa shape index (κ3) is 5.52. The fraction of sp³-hybridized carbons (Fsp3) is 0.143. The lowest BCUT2D eigenvalue weighted by Gasteiger charge is -2.12. The van der Waals surface area contributed by atoms with Crippen LogP contribution in [0.25, 0.3) is 0 Å². The molecule has 4 rings (SSSR count). The second-order valence-electron chi connectivity index (χ2n) is 6.16. The average Bonchev–Trinajstić information content (AvgIpc) is 3.18. The van der Waals surface area contributed by atoms with Crippen LogP contribution in [0, 0.1) is 6.92 Å². The van der Waals surface area contributed by atoms with E-state index in [2.05, 4.69) is 25.3 Å². The largest absolute Gasteiger partial charge is 0.483 e. The van der Waals surface area contributed by atoms with Crippen LogP contribution in [0.1, 0.15) is 17.1 Å². The van der Waals surface area contributed by atoms with Gasteiger partial charge in [0.25, 0.3) is 0 Å². The van der Waals surface area contributed by atoms with Gasteiger partial charge in [-0.2, -0.15) is 0 Å². The van der Waals surface area contributed by atoms with Gasteiger partial charge in [0.2, 0.25) is 0 Å². The third-order valence-corrected chi connectivity index (χ3v) is 5.76. The van der Waals surface area contributed by atoms with Gasteiger partial charge in [0.05, 0.1) is 17.1 Å². The molecule has 0 atom stereocenters. The van der Waals surface area contributed by atoms with E-state index >= 15 is 0 Å². The summed E-state index contributed by atoms with van der Waals surface area (Å²) in [6, 6.07) is 13.7. The molecular weight excluding hydrogens is 402 g/mol. The molecule has 0 amide bonds. The molecule has 0 aliphatic carbocycles. The van der Waals surface area contributed by atoms with Gasteiger partial charge in [-0.05, 0) is 37.3 Å². The first-order valence-corrected chi connectivity index (χ1v) is 10.9. The molecule has 0 radical (unpaired) electrons. The van der Waals surface area contributed by atoms with Crippen molar-refractivity contribution in [3.05, 3.63) is 83.5 Å². The molecule has 0 bridgehead atoms. The standard InChI is InChI=1S/C21H19N5OS2/c1-15-13-29-21(25-15)26-20-19(27-12-16-6-2-4-8-22-16)10-18(11-24-20)28-14-17-7-3-5-9-23-17/h2-11,13H,12,14H2,1H3,(H,24,25,26). The Morgan fingerprint density at radius 3 is 2.52 bits per heavy atom. The van der Waals surface area contributed by atoms with E-state index in [0.29, 0.717) is 18.2 Å². The minimum absolute atomic E-state index is 0.364. The maximum absolute atomic E-state index is 6.06. The van der Waals surface area contributed by atoms with E-state index in [1.165, 1.54) is 11.3 Å². The summed E-state index contributed by atoms with van der Waals surface area (Å²) in [5.74, 6) is 2.06. The van der Waals surface area contributed by atoms with Crippen LogP contribution in [0.5, 0.6) is 5.75 Å². The van der Waals surface area contributed by atoms with Gasteiger partial charge < -0.3 is 10.1 Å². The molecule has 8 heteroatoms. The zero-order valence-corrected chi connectivity index (χ0v) is 17.4. The highest BCUT2D eigenvalue weighted by Gasteiger charge is 2.11. The maximum Gasteiger partial charge on any atom is 0.188 e. The summed E-state index contributed by atoms with van der Waals surface area (Å²) in [4.78, 5) is 18.7. The fourth-order valence-electron chi connectivity index (χ4n) is 2.50. The van der Waals surface area contributed by atoms with E-state index in [-0.39, 0.29) is 0 Å². The molecule has 1 N–H and O–H groups in total. The summed E-state index contributed by atoms with van der Waals surface area (Å²) >= 11 is 3.20. The molecule has 0 aromatic carbocycles. The minimum atomic E-state index is 0.364. The Kier molecular flexibility index (Phi) is 6.33. The Morgan fingerprint density at radius 2 is 1.83 bits per heavy atom. The van der Waals surface area contributed by atoms with E-state index in [0.717, 1.165) is 32.9 Å². The van der Waals surface area contributed by atoms with Gasteiger partial charge in [0.1, 0.15) is 6.61 Å². The zero-order valence-electron chi connectivity index (χ0n) is 15.8. The Balaban J connectivity index is 1.52. The molecule has 4 heterocycles. The molecule has 6 nitrogen and oxygen atoms in total. The highest BCUT2D eigenvalue weighted by molar-refractivity contribution is 7.98. The molecular formula is C21H19N5OS2. The molecule has 146 valence electrons. The second-order valence-corrected chi connectivity index (χ2v) is 8.06. The van der Waals surface area contributed by atoms with Crippen LogP contribution < -0.4 is 10.1 Å². The summed E-state index contributed by atoms with van der Waals surface area (Å²) in [6.07, 6.45) is 5.40. The Labute approximate surface area is 177 Å². The minimum Gasteiger partial charge on any atom is -0.483 e. The first kappa shape index (κ1) is 19.4. The van der Waals surface area contributed by atoms with E-state index in [9.17, 15) is 0 Å². The van der Waals surface area contributed by atoms with E-state index in [4.69, 9.17) is 4.74 Å². The summed E-state index contributed by atoms with van der Waals surface area (Å²) in [7, 11) is 0. The third-order valence-electron chi connectivity index (χ3n) is 3.89. The van der Waals surface area contributed by atoms with Gasteiger partial charge in [0, 0.05) is 34.6 Å². The number of nitrogens with zero attached hydrogens (tertiary/aromatic N) is 4. The van der Waals surface area contributed by atoms with Gasteiger partial charge in [-0.1, -0.05) is 12.1 Å². The predicted octanol–water partition coefficient (Wildman–Crippen LogP) is 5.25. The number of thiazole rings is 1. The van der Waals surface area contributed by atoms with Crippen molar-refractivity contribution in [3.8, 4) is 5.75 Å². The van der Waals surface area contributed by atoms with Crippen molar-refractivity contribution in [1.82, 2.24) is 19.9 Å². The van der Waals surface area contributed by atoms with Crippen molar-refractivity contribution in [3.63, 3.8) is 0 Å². The van der Waals surface area contributed by atoms with Crippen molar-refractivity contribution in [2.45, 2.75) is 24.2 Å². The Bertz CT molecular complexity index is 1060. The van der Waals surface area contributed by atoms with Crippen molar-refractivity contribution in [2.75, 3.05) is 5.32 Å². The zero-order chi connectivity index (χ0) is 19.9. The molecule has 0 saturated heterocycles. The van der Waals surface area contributed by atoms with Crippen LogP contribution in [-0.2, 0) is 12.4 Å². The number of thioether (sulfide) groups is 1. The lowest BCUT2D eigenvalue weighted by Crippen LogP contribution is -2.02. The number of nitrogens with one attached hydrogen (secondary N) is 1. The number of ether oxygens (including phenoxy) is 1. The molecule has 4 aromatic rings. The average molecular weight is 422 g/mol.